The molecule has 0 saturated carbocycles. The average Bonchev–Trinajstić information content (AvgIpc) is 2.89. The minimum atomic E-state index is -0.915. The molecule has 1 heterocycles. The van der Waals surface area contributed by atoms with Crippen LogP contribution in [0.1, 0.15) is 0 Å². The fourth-order valence-corrected chi connectivity index (χ4v) is 2.10. The molecule has 3 rings (SSSR count). The zero-order valence-electron chi connectivity index (χ0n) is 10.4. The lowest BCUT2D eigenvalue weighted by molar-refractivity contribution is 0.511. The Hall–Kier alpha value is -2.69. The summed E-state index contributed by atoms with van der Waals surface area (Å²) in [6.45, 7) is 0. The highest BCUT2D eigenvalue weighted by Gasteiger charge is 2.15. The largest absolute Gasteiger partial charge is 0.384 e. The summed E-state index contributed by atoms with van der Waals surface area (Å²) in [6, 6.07) is 11.5. The first-order chi connectivity index (χ1) is 9.66. The molecule has 0 atom stereocenters. The Kier molecular flexibility index (Phi) is 2.95. The standard InChI is InChI=1S/C15H11F2N3/c16-13-7-10(12-8-19-20-15(12)18)6-11(14(13)17)9-4-2-1-3-5-9/h1-8H,(H3,18,19,20). The Balaban J connectivity index is 2.21. The van der Waals surface area contributed by atoms with Crippen LogP contribution in [-0.2, 0) is 0 Å². The fraction of sp³-hybridized carbons (Fsp3) is 0. The summed E-state index contributed by atoms with van der Waals surface area (Å²) in [5.41, 5.74) is 7.54. The number of hydrogen-bond acceptors (Lipinski definition) is 2. The van der Waals surface area contributed by atoms with Crippen LogP contribution < -0.4 is 5.73 Å². The van der Waals surface area contributed by atoms with Crippen LogP contribution in [0.5, 0.6) is 0 Å². The molecule has 3 nitrogen and oxygen atoms in total. The van der Waals surface area contributed by atoms with E-state index in [1.165, 1.54) is 6.20 Å². The van der Waals surface area contributed by atoms with E-state index in [4.69, 9.17) is 5.73 Å². The molecule has 100 valence electrons. The first-order valence-electron chi connectivity index (χ1n) is 6.00. The van der Waals surface area contributed by atoms with E-state index in [0.717, 1.165) is 6.07 Å². The van der Waals surface area contributed by atoms with Gasteiger partial charge in [0.15, 0.2) is 11.6 Å². The van der Waals surface area contributed by atoms with Gasteiger partial charge < -0.3 is 5.73 Å². The van der Waals surface area contributed by atoms with Crippen molar-refractivity contribution in [3.8, 4) is 22.3 Å². The van der Waals surface area contributed by atoms with Crippen LogP contribution in [0, 0.1) is 11.6 Å². The molecule has 3 N–H and O–H groups in total. The van der Waals surface area contributed by atoms with E-state index in [1.54, 1.807) is 30.3 Å². The molecule has 0 bridgehead atoms. The lowest BCUT2D eigenvalue weighted by Crippen LogP contribution is -1.93. The summed E-state index contributed by atoms with van der Waals surface area (Å²) < 4.78 is 27.8. The average molecular weight is 271 g/mol. The molecular weight excluding hydrogens is 260 g/mol. The van der Waals surface area contributed by atoms with E-state index >= 15 is 0 Å². The minimum absolute atomic E-state index is 0.196. The highest BCUT2D eigenvalue weighted by Crippen LogP contribution is 2.32. The van der Waals surface area contributed by atoms with Gasteiger partial charge in [0, 0.05) is 11.1 Å². The maximum Gasteiger partial charge on any atom is 0.166 e. The molecule has 0 radical (unpaired) electrons. The Labute approximate surface area is 114 Å². The van der Waals surface area contributed by atoms with E-state index in [0.29, 0.717) is 22.5 Å². The number of rotatable bonds is 2. The number of H-pyrrole nitrogens is 1. The first kappa shape index (κ1) is 12.3. The van der Waals surface area contributed by atoms with Crippen molar-refractivity contribution in [1.82, 2.24) is 10.2 Å². The van der Waals surface area contributed by atoms with Gasteiger partial charge in [-0.05, 0) is 23.3 Å². The molecule has 0 aliphatic heterocycles. The number of aromatic nitrogens is 2. The van der Waals surface area contributed by atoms with Gasteiger partial charge in [-0.2, -0.15) is 5.10 Å². The van der Waals surface area contributed by atoms with Crippen molar-refractivity contribution in [2.45, 2.75) is 0 Å². The smallest absolute Gasteiger partial charge is 0.166 e. The summed E-state index contributed by atoms with van der Waals surface area (Å²) in [6.07, 6.45) is 1.48. The van der Waals surface area contributed by atoms with Gasteiger partial charge in [-0.25, -0.2) is 8.78 Å². The zero-order valence-corrected chi connectivity index (χ0v) is 10.4. The van der Waals surface area contributed by atoms with Crippen molar-refractivity contribution in [3.63, 3.8) is 0 Å². The molecule has 0 amide bonds. The van der Waals surface area contributed by atoms with Gasteiger partial charge in [0.05, 0.1) is 6.20 Å². The number of nitrogens with zero attached hydrogens (tertiary/aromatic N) is 1. The second-order valence-corrected chi connectivity index (χ2v) is 4.38. The number of aromatic amines is 1. The Bertz CT molecular complexity index is 751. The highest BCUT2D eigenvalue weighted by atomic mass is 19.2. The summed E-state index contributed by atoms with van der Waals surface area (Å²) in [4.78, 5) is 0. The van der Waals surface area contributed by atoms with E-state index in [9.17, 15) is 8.78 Å². The fourth-order valence-electron chi connectivity index (χ4n) is 2.10. The molecule has 0 spiro atoms. The number of anilines is 1. The number of halogens is 2. The quantitative estimate of drug-likeness (QED) is 0.748. The van der Waals surface area contributed by atoms with Gasteiger partial charge in [-0.15, -0.1) is 0 Å². The van der Waals surface area contributed by atoms with Gasteiger partial charge in [-0.1, -0.05) is 30.3 Å². The molecule has 0 saturated heterocycles. The number of nitrogens with one attached hydrogen (secondary N) is 1. The molecule has 1 aromatic heterocycles. The van der Waals surface area contributed by atoms with Crippen LogP contribution in [-0.4, -0.2) is 10.2 Å². The van der Waals surface area contributed by atoms with Gasteiger partial charge in [-0.3, -0.25) is 5.10 Å². The molecular formula is C15H11F2N3. The second-order valence-electron chi connectivity index (χ2n) is 4.38. The lowest BCUT2D eigenvalue weighted by Gasteiger charge is -2.08. The monoisotopic (exact) mass is 271 g/mol. The molecule has 2 aromatic carbocycles. The van der Waals surface area contributed by atoms with Crippen molar-refractivity contribution in [2.75, 3.05) is 5.73 Å². The summed E-state index contributed by atoms with van der Waals surface area (Å²) in [7, 11) is 0. The molecule has 0 aliphatic rings. The number of nitrogen functional groups attached to an aromatic ring is 1. The molecule has 5 heteroatoms. The molecule has 0 aliphatic carbocycles. The van der Waals surface area contributed by atoms with Crippen LogP contribution >= 0.6 is 0 Å². The van der Waals surface area contributed by atoms with Crippen molar-refractivity contribution in [1.29, 1.82) is 0 Å². The normalized spacial score (nSPS) is 10.7. The van der Waals surface area contributed by atoms with Crippen molar-refractivity contribution >= 4 is 5.82 Å². The zero-order chi connectivity index (χ0) is 14.1. The molecule has 20 heavy (non-hydrogen) atoms. The second kappa shape index (κ2) is 4.77. The van der Waals surface area contributed by atoms with E-state index in [2.05, 4.69) is 10.2 Å². The van der Waals surface area contributed by atoms with Crippen molar-refractivity contribution in [2.24, 2.45) is 0 Å². The summed E-state index contributed by atoms with van der Waals surface area (Å²) in [5, 5.41) is 6.36. The third kappa shape index (κ3) is 2.03. The minimum Gasteiger partial charge on any atom is -0.384 e. The Morgan fingerprint density at radius 2 is 1.70 bits per heavy atom. The van der Waals surface area contributed by atoms with E-state index < -0.39 is 11.6 Å². The number of nitrogens with two attached hydrogens (primary N) is 1. The predicted molar refractivity (Wildman–Crippen MR) is 73.8 cm³/mol. The van der Waals surface area contributed by atoms with Gasteiger partial charge >= 0.3 is 0 Å². The third-order valence-corrected chi connectivity index (χ3v) is 3.09. The van der Waals surface area contributed by atoms with Crippen molar-refractivity contribution in [3.05, 3.63) is 60.3 Å². The van der Waals surface area contributed by atoms with Gasteiger partial charge in [0.2, 0.25) is 0 Å². The molecule has 0 fully saturated rings. The number of benzene rings is 2. The maximum atomic E-state index is 14.0. The maximum absolute atomic E-state index is 14.0. The summed E-state index contributed by atoms with van der Waals surface area (Å²) >= 11 is 0. The molecule has 0 unspecified atom stereocenters. The Morgan fingerprint density at radius 1 is 0.950 bits per heavy atom. The Morgan fingerprint density at radius 3 is 2.35 bits per heavy atom. The number of hydrogen-bond donors (Lipinski definition) is 2. The van der Waals surface area contributed by atoms with Crippen LogP contribution in [0.4, 0.5) is 14.6 Å². The summed E-state index contributed by atoms with van der Waals surface area (Å²) in [5.74, 6) is -1.47. The van der Waals surface area contributed by atoms with Crippen LogP contribution in [0.2, 0.25) is 0 Å². The van der Waals surface area contributed by atoms with E-state index in [-0.39, 0.29) is 5.56 Å². The van der Waals surface area contributed by atoms with Gasteiger partial charge in [0.1, 0.15) is 5.82 Å². The predicted octanol–water partition coefficient (Wildman–Crippen LogP) is 3.60. The van der Waals surface area contributed by atoms with Gasteiger partial charge in [0.25, 0.3) is 0 Å². The van der Waals surface area contributed by atoms with Crippen LogP contribution in [0.25, 0.3) is 22.3 Å². The van der Waals surface area contributed by atoms with Crippen molar-refractivity contribution < 1.29 is 8.78 Å². The first-order valence-corrected chi connectivity index (χ1v) is 6.00. The highest BCUT2D eigenvalue weighted by molar-refractivity contribution is 5.78. The lowest BCUT2D eigenvalue weighted by atomic mass is 9.99. The van der Waals surface area contributed by atoms with Crippen LogP contribution in [0.3, 0.4) is 0 Å². The van der Waals surface area contributed by atoms with E-state index in [1.807, 2.05) is 6.07 Å². The topological polar surface area (TPSA) is 54.7 Å². The SMILES string of the molecule is Nc1[nH]ncc1-c1cc(F)c(F)c(-c2ccccc2)c1. The van der Waals surface area contributed by atoms with Crippen LogP contribution in [0.15, 0.2) is 48.7 Å². The third-order valence-electron chi connectivity index (χ3n) is 3.09. The molecule has 3 aromatic rings.